The predicted molar refractivity (Wildman–Crippen MR) is 123 cm³/mol. The maximum absolute atomic E-state index is 11.6. The molecule has 1 saturated heterocycles. The zero-order valence-corrected chi connectivity index (χ0v) is 17.6. The van der Waals surface area contributed by atoms with Crippen molar-refractivity contribution >= 4 is 29.0 Å². The molecule has 4 rings (SSSR count). The highest BCUT2D eigenvalue weighted by Gasteiger charge is 2.23. The topological polar surface area (TPSA) is 93.4 Å². The van der Waals surface area contributed by atoms with E-state index in [1.807, 2.05) is 0 Å². The molecule has 7 nitrogen and oxygen atoms in total. The first-order chi connectivity index (χ1) is 15.1. The Morgan fingerprint density at radius 3 is 2.48 bits per heavy atom. The smallest absolute Gasteiger partial charge is 0.337 e. The van der Waals surface area contributed by atoms with Gasteiger partial charge in [0.2, 0.25) is 0 Å². The van der Waals surface area contributed by atoms with Crippen molar-refractivity contribution in [2.45, 2.75) is 19.3 Å². The van der Waals surface area contributed by atoms with E-state index in [1.54, 1.807) is 24.3 Å². The number of piperidine rings is 1. The molecule has 3 aromatic rings. The summed E-state index contributed by atoms with van der Waals surface area (Å²) in [7, 11) is 1.36. The van der Waals surface area contributed by atoms with Gasteiger partial charge in [-0.15, -0.1) is 0 Å². The maximum atomic E-state index is 11.6. The Morgan fingerprint density at radius 2 is 1.81 bits per heavy atom. The molecule has 0 saturated carbocycles. The van der Waals surface area contributed by atoms with Crippen molar-refractivity contribution in [3.8, 4) is 0 Å². The van der Waals surface area contributed by atoms with Crippen LogP contribution in [0.2, 0.25) is 0 Å². The summed E-state index contributed by atoms with van der Waals surface area (Å²) in [5.41, 5.74) is 9.61. The number of hydrogen-bond acceptors (Lipinski definition) is 7. The molecule has 0 amide bonds. The molecule has 0 atom stereocenters. The summed E-state index contributed by atoms with van der Waals surface area (Å²) in [4.78, 5) is 22.6. The number of methoxy groups -OCH3 is 1. The number of esters is 1. The van der Waals surface area contributed by atoms with Gasteiger partial charge in [-0.3, -0.25) is 0 Å². The molecule has 1 aliphatic heterocycles. The van der Waals surface area contributed by atoms with Gasteiger partial charge in [-0.05, 0) is 55.0 Å². The second-order valence-electron chi connectivity index (χ2n) is 7.77. The fraction of sp³-hybridized carbons (Fsp3) is 0.292. The van der Waals surface area contributed by atoms with E-state index in [0.717, 1.165) is 43.9 Å². The molecule has 0 bridgehead atoms. The van der Waals surface area contributed by atoms with Gasteiger partial charge in [-0.1, -0.05) is 30.3 Å². The zero-order valence-electron chi connectivity index (χ0n) is 17.6. The first kappa shape index (κ1) is 20.7. The molecule has 0 spiro atoms. The molecule has 2 heterocycles. The summed E-state index contributed by atoms with van der Waals surface area (Å²) in [6.07, 6.45) is 4.86. The fourth-order valence-electron chi connectivity index (χ4n) is 3.98. The third kappa shape index (κ3) is 4.94. The van der Waals surface area contributed by atoms with Gasteiger partial charge in [0.1, 0.15) is 12.0 Å². The number of nitrogen functional groups attached to an aromatic ring is 1. The summed E-state index contributed by atoms with van der Waals surface area (Å²) < 4.78 is 4.73. The van der Waals surface area contributed by atoms with Crippen molar-refractivity contribution in [1.29, 1.82) is 0 Å². The van der Waals surface area contributed by atoms with Crippen molar-refractivity contribution in [3.63, 3.8) is 0 Å². The molecule has 160 valence electrons. The van der Waals surface area contributed by atoms with E-state index in [-0.39, 0.29) is 5.97 Å². The number of benzene rings is 2. The van der Waals surface area contributed by atoms with Crippen molar-refractivity contribution in [2.24, 2.45) is 5.92 Å². The van der Waals surface area contributed by atoms with Crippen LogP contribution in [0.5, 0.6) is 0 Å². The Bertz CT molecular complexity index is 1020. The average Bonchev–Trinajstić information content (AvgIpc) is 2.82. The van der Waals surface area contributed by atoms with Crippen LogP contribution in [0, 0.1) is 5.92 Å². The minimum atomic E-state index is -0.369. The average molecular weight is 418 g/mol. The lowest BCUT2D eigenvalue weighted by molar-refractivity contribution is 0.0601. The highest BCUT2D eigenvalue weighted by Crippen LogP contribution is 2.32. The number of ether oxygens (including phenoxy) is 1. The van der Waals surface area contributed by atoms with Gasteiger partial charge < -0.3 is 20.7 Å². The third-order valence-corrected chi connectivity index (χ3v) is 5.71. The lowest BCUT2D eigenvalue weighted by Crippen LogP contribution is -2.35. The Morgan fingerprint density at radius 1 is 1.10 bits per heavy atom. The SMILES string of the molecule is COC(=O)c1ccc(Nc2ncnc(N3CCC(Cc4ccccc4)CC3)c2N)cc1. The lowest BCUT2D eigenvalue weighted by atomic mass is 9.90. The Labute approximate surface area is 182 Å². The van der Waals surface area contributed by atoms with Crippen molar-refractivity contribution < 1.29 is 9.53 Å². The molecule has 1 aromatic heterocycles. The van der Waals surface area contributed by atoms with Crippen LogP contribution in [-0.4, -0.2) is 36.1 Å². The molecule has 0 unspecified atom stereocenters. The standard InChI is InChI=1S/C24H27N5O2/c1-31-24(30)19-7-9-20(10-8-19)28-22-21(25)23(27-16-26-22)29-13-11-18(12-14-29)15-17-5-3-2-4-6-17/h2-10,16,18H,11-15,25H2,1H3,(H,26,27,28). The number of rotatable bonds is 6. The minimum absolute atomic E-state index is 0.369. The van der Waals surface area contributed by atoms with Gasteiger partial charge in [-0.2, -0.15) is 0 Å². The summed E-state index contributed by atoms with van der Waals surface area (Å²) in [5, 5.41) is 3.22. The number of anilines is 4. The predicted octanol–water partition coefficient (Wildman–Crippen LogP) is 4.05. The second kappa shape index (κ2) is 9.47. The summed E-state index contributed by atoms with van der Waals surface area (Å²) >= 11 is 0. The number of hydrogen-bond donors (Lipinski definition) is 2. The number of nitrogens with one attached hydrogen (secondary N) is 1. The molecule has 31 heavy (non-hydrogen) atoms. The van der Waals surface area contributed by atoms with E-state index in [2.05, 4.69) is 50.5 Å². The van der Waals surface area contributed by atoms with Gasteiger partial charge in [0.25, 0.3) is 0 Å². The van der Waals surface area contributed by atoms with Crippen molar-refractivity contribution in [2.75, 3.05) is 36.1 Å². The van der Waals surface area contributed by atoms with Gasteiger partial charge in [0.05, 0.1) is 12.7 Å². The van der Waals surface area contributed by atoms with Crippen LogP contribution in [0.1, 0.15) is 28.8 Å². The number of carbonyl (C=O) groups is 1. The Kier molecular flexibility index (Phi) is 6.31. The highest BCUT2D eigenvalue weighted by atomic mass is 16.5. The normalized spacial score (nSPS) is 14.3. The molecule has 0 aliphatic carbocycles. The van der Waals surface area contributed by atoms with Gasteiger partial charge >= 0.3 is 5.97 Å². The number of nitrogens with zero attached hydrogens (tertiary/aromatic N) is 3. The number of carbonyl (C=O) groups excluding carboxylic acids is 1. The van der Waals surface area contributed by atoms with Crippen LogP contribution in [0.25, 0.3) is 0 Å². The Hall–Kier alpha value is -3.61. The lowest BCUT2D eigenvalue weighted by Gasteiger charge is -2.33. The van der Waals surface area contributed by atoms with E-state index in [4.69, 9.17) is 10.5 Å². The maximum Gasteiger partial charge on any atom is 0.337 e. The van der Waals surface area contributed by atoms with E-state index < -0.39 is 0 Å². The van der Waals surface area contributed by atoms with E-state index in [1.165, 1.54) is 19.0 Å². The van der Waals surface area contributed by atoms with E-state index in [9.17, 15) is 4.79 Å². The van der Waals surface area contributed by atoms with Gasteiger partial charge in [0.15, 0.2) is 11.6 Å². The number of aromatic nitrogens is 2. The summed E-state index contributed by atoms with van der Waals surface area (Å²) in [6.45, 7) is 1.85. The molecule has 1 fully saturated rings. The van der Waals surface area contributed by atoms with Gasteiger partial charge in [-0.25, -0.2) is 14.8 Å². The first-order valence-electron chi connectivity index (χ1n) is 10.5. The van der Waals surface area contributed by atoms with Crippen LogP contribution in [0.3, 0.4) is 0 Å². The quantitative estimate of drug-likeness (QED) is 0.585. The molecule has 3 N–H and O–H groups in total. The first-order valence-corrected chi connectivity index (χ1v) is 10.5. The monoisotopic (exact) mass is 417 g/mol. The number of nitrogens with two attached hydrogens (primary N) is 1. The van der Waals surface area contributed by atoms with Crippen molar-refractivity contribution in [1.82, 2.24) is 9.97 Å². The molecule has 0 radical (unpaired) electrons. The summed E-state index contributed by atoms with van der Waals surface area (Å²) in [5.74, 6) is 1.63. The summed E-state index contributed by atoms with van der Waals surface area (Å²) in [6, 6.07) is 17.6. The van der Waals surface area contributed by atoms with Crippen LogP contribution in [0.4, 0.5) is 23.0 Å². The molecule has 1 aliphatic rings. The largest absolute Gasteiger partial charge is 0.465 e. The third-order valence-electron chi connectivity index (χ3n) is 5.71. The van der Waals surface area contributed by atoms with Crippen LogP contribution < -0.4 is 16.0 Å². The highest BCUT2D eigenvalue weighted by molar-refractivity contribution is 5.90. The minimum Gasteiger partial charge on any atom is -0.465 e. The molecule has 2 aromatic carbocycles. The second-order valence-corrected chi connectivity index (χ2v) is 7.77. The molecular weight excluding hydrogens is 390 g/mol. The van der Waals surface area contributed by atoms with Crippen LogP contribution >= 0.6 is 0 Å². The van der Waals surface area contributed by atoms with E-state index in [0.29, 0.717) is 23.0 Å². The Balaban J connectivity index is 1.40. The van der Waals surface area contributed by atoms with E-state index >= 15 is 0 Å². The van der Waals surface area contributed by atoms with Gasteiger partial charge in [0, 0.05) is 18.8 Å². The zero-order chi connectivity index (χ0) is 21.6. The molecule has 7 heteroatoms. The fourth-order valence-corrected chi connectivity index (χ4v) is 3.98. The van der Waals surface area contributed by atoms with Crippen LogP contribution in [-0.2, 0) is 11.2 Å². The molecular formula is C24H27N5O2. The van der Waals surface area contributed by atoms with Crippen molar-refractivity contribution in [3.05, 3.63) is 72.1 Å². The van der Waals surface area contributed by atoms with Crippen LogP contribution in [0.15, 0.2) is 60.9 Å².